The molecule has 0 unspecified atom stereocenters. The molecule has 1 heterocycles. The molecule has 26 heavy (non-hydrogen) atoms. The molecule has 0 saturated heterocycles. The Morgan fingerprint density at radius 3 is 2.46 bits per heavy atom. The highest BCUT2D eigenvalue weighted by atomic mass is 16.5. The topological polar surface area (TPSA) is 55.9 Å². The molecule has 0 aliphatic rings. The molecular formula is C21H25N2O3+. The molecule has 5 nitrogen and oxygen atoms in total. The molecule has 3 aromatic rings. The smallest absolute Gasteiger partial charge is 0.340 e. The zero-order valence-electron chi connectivity index (χ0n) is 15.7. The summed E-state index contributed by atoms with van der Waals surface area (Å²) in [7, 11) is 4.03. The van der Waals surface area contributed by atoms with Crippen LogP contribution in [0.5, 0.6) is 5.75 Å². The lowest BCUT2D eigenvalue weighted by Gasteiger charge is -2.12. The Labute approximate surface area is 153 Å². The summed E-state index contributed by atoms with van der Waals surface area (Å²) in [4.78, 5) is 13.9. The first-order valence-corrected chi connectivity index (χ1v) is 8.83. The standard InChI is InChI=1S/C21H24N2O3/c1-5-26-21(25)19-14(2)23(15-9-7-6-8-10-15)17-11-12-18(24)16(20(17)19)13-22(3)4/h6-12,24H,5,13H2,1-4H3/p+1. The van der Waals surface area contributed by atoms with Gasteiger partial charge in [-0.15, -0.1) is 0 Å². The third-order valence-corrected chi connectivity index (χ3v) is 4.48. The van der Waals surface area contributed by atoms with E-state index in [4.69, 9.17) is 4.74 Å². The van der Waals surface area contributed by atoms with Crippen LogP contribution in [0.2, 0.25) is 0 Å². The van der Waals surface area contributed by atoms with Gasteiger partial charge in [0.1, 0.15) is 12.3 Å². The number of para-hydroxylation sites is 1. The second-order valence-corrected chi connectivity index (χ2v) is 6.69. The minimum absolute atomic E-state index is 0.203. The molecule has 5 heteroatoms. The molecule has 2 N–H and O–H groups in total. The number of phenols is 1. The quantitative estimate of drug-likeness (QED) is 0.693. The number of phenolic OH excluding ortho intramolecular Hbond substituents is 1. The van der Waals surface area contributed by atoms with Crippen LogP contribution in [0.1, 0.15) is 28.5 Å². The van der Waals surface area contributed by atoms with Crippen LogP contribution in [0.25, 0.3) is 16.6 Å². The van der Waals surface area contributed by atoms with Gasteiger partial charge < -0.3 is 19.3 Å². The third kappa shape index (κ3) is 3.06. The number of hydrogen-bond acceptors (Lipinski definition) is 3. The highest BCUT2D eigenvalue weighted by Gasteiger charge is 2.26. The van der Waals surface area contributed by atoms with E-state index in [1.807, 2.05) is 57.4 Å². The summed E-state index contributed by atoms with van der Waals surface area (Å²) in [5, 5.41) is 11.3. The van der Waals surface area contributed by atoms with E-state index in [0.29, 0.717) is 18.7 Å². The average molecular weight is 353 g/mol. The zero-order chi connectivity index (χ0) is 18.8. The molecule has 3 rings (SSSR count). The van der Waals surface area contributed by atoms with E-state index in [1.54, 1.807) is 13.0 Å². The van der Waals surface area contributed by atoms with Crippen LogP contribution in [-0.2, 0) is 11.3 Å². The molecular weight excluding hydrogens is 328 g/mol. The van der Waals surface area contributed by atoms with Crippen molar-refractivity contribution in [1.29, 1.82) is 0 Å². The Kier molecular flexibility index (Phi) is 5.00. The van der Waals surface area contributed by atoms with Crippen LogP contribution in [0.15, 0.2) is 42.5 Å². The van der Waals surface area contributed by atoms with Crippen molar-refractivity contribution in [3.8, 4) is 11.4 Å². The van der Waals surface area contributed by atoms with E-state index >= 15 is 0 Å². The number of hydrogen-bond donors (Lipinski definition) is 2. The maximum atomic E-state index is 12.7. The summed E-state index contributed by atoms with van der Waals surface area (Å²) in [6, 6.07) is 13.5. The Morgan fingerprint density at radius 1 is 1.15 bits per heavy atom. The van der Waals surface area contributed by atoms with E-state index in [0.717, 1.165) is 32.7 Å². The number of nitrogens with one attached hydrogen (secondary N) is 1. The second-order valence-electron chi connectivity index (χ2n) is 6.69. The van der Waals surface area contributed by atoms with E-state index in [-0.39, 0.29) is 11.7 Å². The lowest BCUT2D eigenvalue weighted by atomic mass is 10.0. The van der Waals surface area contributed by atoms with Crippen LogP contribution in [0, 0.1) is 6.92 Å². The molecule has 136 valence electrons. The van der Waals surface area contributed by atoms with E-state index < -0.39 is 0 Å². The summed E-state index contributed by atoms with van der Waals surface area (Å²) in [5.74, 6) is -0.153. The molecule has 0 fully saturated rings. The first-order valence-electron chi connectivity index (χ1n) is 8.83. The summed E-state index contributed by atoms with van der Waals surface area (Å²) in [6.07, 6.45) is 0. The molecule has 0 saturated carbocycles. The number of benzene rings is 2. The molecule has 0 bridgehead atoms. The Balaban J connectivity index is 2.40. The van der Waals surface area contributed by atoms with E-state index in [2.05, 4.69) is 4.57 Å². The normalized spacial score (nSPS) is 11.3. The van der Waals surface area contributed by atoms with Crippen molar-refractivity contribution in [2.75, 3.05) is 20.7 Å². The third-order valence-electron chi connectivity index (χ3n) is 4.48. The number of aromatic hydroxyl groups is 1. The minimum atomic E-state index is -0.356. The lowest BCUT2D eigenvalue weighted by Crippen LogP contribution is -3.04. The second kappa shape index (κ2) is 7.22. The van der Waals surface area contributed by atoms with Gasteiger partial charge in [0.15, 0.2) is 0 Å². The first-order chi connectivity index (χ1) is 12.5. The van der Waals surface area contributed by atoms with Gasteiger partial charge in [0, 0.05) is 16.8 Å². The number of esters is 1. The molecule has 0 aliphatic carbocycles. The van der Waals surface area contributed by atoms with Crippen LogP contribution in [-0.4, -0.2) is 36.3 Å². The molecule has 0 amide bonds. The summed E-state index contributed by atoms with van der Waals surface area (Å²) in [6.45, 7) is 4.63. The fourth-order valence-electron chi connectivity index (χ4n) is 3.46. The highest BCUT2D eigenvalue weighted by Crippen LogP contribution is 2.35. The summed E-state index contributed by atoms with van der Waals surface area (Å²) < 4.78 is 7.38. The van der Waals surface area contributed by atoms with Gasteiger partial charge in [0.2, 0.25) is 0 Å². The van der Waals surface area contributed by atoms with Crippen molar-refractivity contribution in [1.82, 2.24) is 4.57 Å². The van der Waals surface area contributed by atoms with Crippen LogP contribution in [0.3, 0.4) is 0 Å². The molecule has 0 aliphatic heterocycles. The van der Waals surface area contributed by atoms with Crippen molar-refractivity contribution < 1.29 is 19.5 Å². The van der Waals surface area contributed by atoms with E-state index in [1.165, 1.54) is 0 Å². The lowest BCUT2D eigenvalue weighted by molar-refractivity contribution is -0.872. The maximum absolute atomic E-state index is 12.7. The highest BCUT2D eigenvalue weighted by molar-refractivity contribution is 6.08. The predicted octanol–water partition coefficient (Wildman–Crippen LogP) is 2.47. The number of nitrogens with zero attached hydrogens (tertiary/aromatic N) is 1. The SMILES string of the molecule is CCOC(=O)c1c(C)n(-c2ccccc2)c2ccc(O)c(C[NH+](C)C)c12. The van der Waals surface area contributed by atoms with Gasteiger partial charge in [0.25, 0.3) is 0 Å². The summed E-state index contributed by atoms with van der Waals surface area (Å²) in [5.41, 5.74) is 3.97. The van der Waals surface area contributed by atoms with Crippen molar-refractivity contribution in [2.45, 2.75) is 20.4 Å². The molecule has 0 radical (unpaired) electrons. The number of ether oxygens (including phenoxy) is 1. The number of aromatic nitrogens is 1. The molecule has 1 aromatic heterocycles. The Bertz CT molecular complexity index is 943. The van der Waals surface area contributed by atoms with Crippen LogP contribution in [0.4, 0.5) is 0 Å². The molecule has 0 atom stereocenters. The average Bonchev–Trinajstić information content (AvgIpc) is 2.90. The fourth-order valence-corrected chi connectivity index (χ4v) is 3.46. The van der Waals surface area contributed by atoms with Crippen molar-refractivity contribution in [3.05, 3.63) is 59.3 Å². The number of fused-ring (bicyclic) bond motifs is 1. The molecule has 0 spiro atoms. The van der Waals surface area contributed by atoms with Crippen molar-refractivity contribution in [3.63, 3.8) is 0 Å². The largest absolute Gasteiger partial charge is 0.507 e. The maximum Gasteiger partial charge on any atom is 0.340 e. The monoisotopic (exact) mass is 353 g/mol. The molecule has 2 aromatic carbocycles. The number of carbonyl (C=O) groups excluding carboxylic acids is 1. The van der Waals surface area contributed by atoms with Gasteiger partial charge in [-0.1, -0.05) is 18.2 Å². The Hall–Kier alpha value is -2.79. The zero-order valence-corrected chi connectivity index (χ0v) is 15.7. The van der Waals surface area contributed by atoms with Crippen molar-refractivity contribution in [2.24, 2.45) is 0 Å². The van der Waals surface area contributed by atoms with Gasteiger partial charge in [-0.25, -0.2) is 4.79 Å². The minimum Gasteiger partial charge on any atom is -0.507 e. The van der Waals surface area contributed by atoms with Gasteiger partial charge in [-0.05, 0) is 38.1 Å². The van der Waals surface area contributed by atoms with Gasteiger partial charge >= 0.3 is 5.97 Å². The fraction of sp³-hybridized carbons (Fsp3) is 0.286. The van der Waals surface area contributed by atoms with Gasteiger partial charge in [-0.2, -0.15) is 0 Å². The van der Waals surface area contributed by atoms with Gasteiger partial charge in [-0.3, -0.25) is 0 Å². The number of rotatable bonds is 5. The first kappa shape index (κ1) is 18.0. The van der Waals surface area contributed by atoms with Crippen molar-refractivity contribution >= 4 is 16.9 Å². The predicted molar refractivity (Wildman–Crippen MR) is 102 cm³/mol. The van der Waals surface area contributed by atoms with Crippen LogP contribution < -0.4 is 4.90 Å². The van der Waals surface area contributed by atoms with E-state index in [9.17, 15) is 9.90 Å². The summed E-state index contributed by atoms with van der Waals surface area (Å²) >= 11 is 0. The Morgan fingerprint density at radius 2 is 1.85 bits per heavy atom. The number of carbonyl (C=O) groups is 1. The van der Waals surface area contributed by atoms with Gasteiger partial charge in [0.05, 0.1) is 37.3 Å². The number of quaternary nitrogens is 1. The van der Waals surface area contributed by atoms with Crippen LogP contribution >= 0.6 is 0 Å².